The smallest absolute Gasteiger partial charge is 0.255 e. The van der Waals surface area contributed by atoms with Crippen molar-refractivity contribution in [1.29, 1.82) is 0 Å². The molecule has 7 nitrogen and oxygen atoms in total. The Labute approximate surface area is 164 Å². The van der Waals surface area contributed by atoms with Gasteiger partial charge in [0.25, 0.3) is 5.91 Å². The predicted molar refractivity (Wildman–Crippen MR) is 103 cm³/mol. The maximum Gasteiger partial charge on any atom is 0.255 e. The Kier molecular flexibility index (Phi) is 4.71. The van der Waals surface area contributed by atoms with Crippen molar-refractivity contribution >= 4 is 11.8 Å². The molecule has 1 aromatic heterocycles. The number of fused-ring (bicyclic) bond motifs is 2. The van der Waals surface area contributed by atoms with Crippen molar-refractivity contribution in [2.24, 2.45) is 7.05 Å². The minimum Gasteiger partial charge on any atom is -0.352 e. The number of aromatic nitrogens is 2. The number of carbonyl (C=O) groups excluding carboxylic acids is 2. The quantitative estimate of drug-likeness (QED) is 0.809. The number of ether oxygens (including phenoxy) is 1. The van der Waals surface area contributed by atoms with E-state index in [0.29, 0.717) is 32.4 Å². The number of likely N-dealkylation sites (N-methyl/N-ethyl adjacent to an activating group) is 1. The number of amides is 2. The molecule has 2 aromatic rings. The molecule has 2 aliphatic rings. The molecule has 0 radical (unpaired) electrons. The molecule has 0 N–H and O–H groups in total. The summed E-state index contributed by atoms with van der Waals surface area (Å²) in [6, 6.07) is 9.85. The van der Waals surface area contributed by atoms with E-state index in [9.17, 15) is 9.59 Å². The van der Waals surface area contributed by atoms with Crippen LogP contribution in [0.15, 0.2) is 36.5 Å². The first kappa shape index (κ1) is 18.7. The average molecular weight is 382 g/mol. The third kappa shape index (κ3) is 3.20. The van der Waals surface area contributed by atoms with Gasteiger partial charge in [-0.15, -0.1) is 0 Å². The van der Waals surface area contributed by atoms with Gasteiger partial charge in [-0.25, -0.2) is 0 Å². The highest BCUT2D eigenvalue weighted by Gasteiger charge is 2.49. The van der Waals surface area contributed by atoms with Crippen LogP contribution in [0.1, 0.15) is 35.8 Å². The number of likely N-dealkylation sites (tertiary alicyclic amines) is 1. The lowest BCUT2D eigenvalue weighted by Gasteiger charge is -2.39. The van der Waals surface area contributed by atoms with E-state index >= 15 is 0 Å². The van der Waals surface area contributed by atoms with Gasteiger partial charge in [0.05, 0.1) is 17.7 Å². The van der Waals surface area contributed by atoms with Crippen LogP contribution in [-0.2, 0) is 33.4 Å². The van der Waals surface area contributed by atoms with E-state index in [1.54, 1.807) is 23.7 Å². The zero-order valence-electron chi connectivity index (χ0n) is 16.6. The Morgan fingerprint density at radius 3 is 2.57 bits per heavy atom. The number of hydrogen-bond donors (Lipinski definition) is 0. The van der Waals surface area contributed by atoms with Gasteiger partial charge in [-0.2, -0.15) is 5.10 Å². The molecule has 2 amide bonds. The molecule has 0 bridgehead atoms. The van der Waals surface area contributed by atoms with E-state index in [0.717, 1.165) is 16.8 Å². The molecule has 148 valence electrons. The van der Waals surface area contributed by atoms with Gasteiger partial charge < -0.3 is 14.5 Å². The molecule has 1 fully saturated rings. The van der Waals surface area contributed by atoms with E-state index in [-0.39, 0.29) is 11.8 Å². The second-order valence-corrected chi connectivity index (χ2v) is 7.85. The molecule has 0 saturated carbocycles. The molecule has 2 aliphatic heterocycles. The summed E-state index contributed by atoms with van der Waals surface area (Å²) in [5, 5.41) is 4.29. The summed E-state index contributed by atoms with van der Waals surface area (Å²) in [5.41, 5.74) is 2.34. The zero-order chi connectivity index (χ0) is 19.9. The molecule has 1 aromatic carbocycles. The van der Waals surface area contributed by atoms with Gasteiger partial charge in [-0.3, -0.25) is 14.3 Å². The monoisotopic (exact) mass is 382 g/mol. The topological polar surface area (TPSA) is 67.7 Å². The van der Waals surface area contributed by atoms with Crippen LogP contribution in [-0.4, -0.2) is 58.6 Å². The first-order chi connectivity index (χ1) is 13.4. The minimum absolute atomic E-state index is 0.0435. The lowest BCUT2D eigenvalue weighted by atomic mass is 9.83. The highest BCUT2D eigenvalue weighted by Crippen LogP contribution is 2.49. The fourth-order valence-corrected chi connectivity index (χ4v) is 4.24. The van der Waals surface area contributed by atoms with Crippen molar-refractivity contribution in [2.75, 3.05) is 27.2 Å². The van der Waals surface area contributed by atoms with Crippen LogP contribution in [0.3, 0.4) is 0 Å². The van der Waals surface area contributed by atoms with Gasteiger partial charge in [0.1, 0.15) is 0 Å². The van der Waals surface area contributed by atoms with E-state index in [1.807, 2.05) is 42.4 Å². The summed E-state index contributed by atoms with van der Waals surface area (Å²) in [7, 11) is 5.34. The Bertz CT molecular complexity index is 897. The predicted octanol–water partition coefficient (Wildman–Crippen LogP) is 1.64. The standard InChI is InChI=1S/C21H26N4O3/c1-23(2)20(27)19-16-6-4-5-7-17(16)21(28-19)9-12-25(13-10-21)18(26)14-15-8-11-24(3)22-15/h4-8,11,19H,9-10,12-14H2,1-3H3/t19-/m0/s1. The maximum atomic E-state index is 12.7. The number of benzene rings is 1. The van der Waals surface area contributed by atoms with E-state index in [4.69, 9.17) is 4.74 Å². The summed E-state index contributed by atoms with van der Waals surface area (Å²) < 4.78 is 8.10. The van der Waals surface area contributed by atoms with E-state index in [2.05, 4.69) is 11.2 Å². The van der Waals surface area contributed by atoms with Crippen molar-refractivity contribution in [3.63, 3.8) is 0 Å². The lowest BCUT2D eigenvalue weighted by molar-refractivity contribution is -0.161. The zero-order valence-corrected chi connectivity index (χ0v) is 16.6. The summed E-state index contributed by atoms with van der Waals surface area (Å²) in [6.07, 6.45) is 2.97. The summed E-state index contributed by atoms with van der Waals surface area (Å²) in [4.78, 5) is 28.8. The van der Waals surface area contributed by atoms with Crippen LogP contribution in [0, 0.1) is 0 Å². The second-order valence-electron chi connectivity index (χ2n) is 7.85. The third-order valence-electron chi connectivity index (χ3n) is 5.77. The van der Waals surface area contributed by atoms with Crippen LogP contribution in [0.2, 0.25) is 0 Å². The van der Waals surface area contributed by atoms with Gasteiger partial charge in [-0.1, -0.05) is 24.3 Å². The Morgan fingerprint density at radius 2 is 1.93 bits per heavy atom. The fourth-order valence-electron chi connectivity index (χ4n) is 4.24. The van der Waals surface area contributed by atoms with Crippen molar-refractivity contribution in [3.8, 4) is 0 Å². The molecular weight excluding hydrogens is 356 g/mol. The summed E-state index contributed by atoms with van der Waals surface area (Å²) in [6.45, 7) is 1.23. The van der Waals surface area contributed by atoms with Crippen LogP contribution >= 0.6 is 0 Å². The molecule has 1 saturated heterocycles. The van der Waals surface area contributed by atoms with E-state index < -0.39 is 11.7 Å². The average Bonchev–Trinajstić information content (AvgIpc) is 3.23. The Morgan fingerprint density at radius 1 is 1.21 bits per heavy atom. The summed E-state index contributed by atoms with van der Waals surface area (Å²) in [5.74, 6) is 0.0405. The first-order valence-electron chi connectivity index (χ1n) is 9.64. The van der Waals surface area contributed by atoms with Crippen LogP contribution < -0.4 is 0 Å². The second kappa shape index (κ2) is 7.05. The lowest BCUT2D eigenvalue weighted by Crippen LogP contribution is -2.46. The minimum atomic E-state index is -0.568. The van der Waals surface area contributed by atoms with Gasteiger partial charge in [0.15, 0.2) is 6.10 Å². The third-order valence-corrected chi connectivity index (χ3v) is 5.77. The Hall–Kier alpha value is -2.67. The highest BCUT2D eigenvalue weighted by molar-refractivity contribution is 5.83. The number of carbonyl (C=O) groups is 2. The molecule has 0 unspecified atom stereocenters. The molecule has 3 heterocycles. The Balaban J connectivity index is 1.49. The number of aryl methyl sites for hydroxylation is 1. The van der Waals surface area contributed by atoms with Gasteiger partial charge in [0.2, 0.25) is 5.91 Å². The SMILES string of the molecule is CN(C)C(=O)[C@H]1OC2(CCN(C(=O)Cc3ccn(C)n3)CC2)c2ccccc21. The molecular formula is C21H26N4O3. The van der Waals surface area contributed by atoms with Gasteiger partial charge in [0, 0.05) is 40.4 Å². The maximum absolute atomic E-state index is 12.7. The van der Waals surface area contributed by atoms with Crippen molar-refractivity contribution < 1.29 is 14.3 Å². The number of nitrogens with zero attached hydrogens (tertiary/aromatic N) is 4. The van der Waals surface area contributed by atoms with E-state index in [1.165, 1.54) is 0 Å². The molecule has 7 heteroatoms. The van der Waals surface area contributed by atoms with Crippen LogP contribution in [0.4, 0.5) is 0 Å². The number of hydrogen-bond acceptors (Lipinski definition) is 4. The fraction of sp³-hybridized carbons (Fsp3) is 0.476. The molecule has 1 spiro atoms. The van der Waals surface area contributed by atoms with Crippen LogP contribution in [0.5, 0.6) is 0 Å². The highest BCUT2D eigenvalue weighted by atomic mass is 16.5. The first-order valence-corrected chi connectivity index (χ1v) is 9.64. The van der Waals surface area contributed by atoms with Crippen molar-refractivity contribution in [1.82, 2.24) is 19.6 Å². The molecule has 28 heavy (non-hydrogen) atoms. The largest absolute Gasteiger partial charge is 0.352 e. The van der Waals surface area contributed by atoms with Gasteiger partial charge in [-0.05, 0) is 30.0 Å². The normalized spacial score (nSPS) is 20.2. The van der Waals surface area contributed by atoms with Crippen LogP contribution in [0.25, 0.3) is 0 Å². The summed E-state index contributed by atoms with van der Waals surface area (Å²) >= 11 is 0. The van der Waals surface area contributed by atoms with Crippen molar-refractivity contribution in [3.05, 3.63) is 53.3 Å². The number of rotatable bonds is 3. The molecule has 4 rings (SSSR count). The van der Waals surface area contributed by atoms with Crippen molar-refractivity contribution in [2.45, 2.75) is 31.0 Å². The molecule has 1 atom stereocenters. The molecule has 0 aliphatic carbocycles. The number of piperidine rings is 1. The van der Waals surface area contributed by atoms with Gasteiger partial charge >= 0.3 is 0 Å².